The Morgan fingerprint density at radius 1 is 1.26 bits per heavy atom. The smallest absolute Gasteiger partial charge is 0.297 e. The Morgan fingerprint density at radius 3 is 2.84 bits per heavy atom. The lowest BCUT2D eigenvalue weighted by molar-refractivity contribution is 0.532. The van der Waals surface area contributed by atoms with Crippen LogP contribution in [0.2, 0.25) is 0 Å². The maximum atomic E-state index is 5.53. The summed E-state index contributed by atoms with van der Waals surface area (Å²) in [5.41, 5.74) is 1.94. The minimum atomic E-state index is 0.654. The van der Waals surface area contributed by atoms with Gasteiger partial charge in [-0.15, -0.1) is 0 Å². The average molecular weight is 260 g/mol. The molecule has 0 aromatic carbocycles. The summed E-state index contributed by atoms with van der Waals surface area (Å²) in [6, 6.07) is 6.56. The highest BCUT2D eigenvalue weighted by atomic mass is 16.4. The predicted molar refractivity (Wildman–Crippen MR) is 74.8 cm³/mol. The van der Waals surface area contributed by atoms with E-state index in [0.717, 1.165) is 31.0 Å². The Morgan fingerprint density at radius 2 is 2.16 bits per heavy atom. The van der Waals surface area contributed by atoms with Gasteiger partial charge in [-0.2, -0.15) is 4.98 Å². The Hall–Kier alpha value is -1.88. The van der Waals surface area contributed by atoms with Crippen molar-refractivity contribution in [2.24, 2.45) is 0 Å². The molecule has 5 heteroatoms. The fourth-order valence-corrected chi connectivity index (χ4v) is 1.78. The first-order chi connectivity index (χ1) is 9.33. The monoisotopic (exact) mass is 260 g/mol. The van der Waals surface area contributed by atoms with Gasteiger partial charge >= 0.3 is 0 Å². The molecule has 1 N–H and O–H groups in total. The molecule has 102 valence electrons. The van der Waals surface area contributed by atoms with Crippen LogP contribution in [-0.2, 0) is 13.1 Å². The SMILES string of the molecule is CCNCc1coc(N(CC)Cc2ccccn2)n1. The molecular weight excluding hydrogens is 240 g/mol. The van der Waals surface area contributed by atoms with Crippen LogP contribution >= 0.6 is 0 Å². The van der Waals surface area contributed by atoms with Crippen LogP contribution in [0.1, 0.15) is 25.2 Å². The molecule has 2 aromatic heterocycles. The maximum Gasteiger partial charge on any atom is 0.297 e. The molecule has 2 rings (SSSR count). The number of hydrogen-bond donors (Lipinski definition) is 1. The van der Waals surface area contributed by atoms with Crippen molar-refractivity contribution in [1.29, 1.82) is 0 Å². The first-order valence-corrected chi connectivity index (χ1v) is 6.63. The molecule has 0 bridgehead atoms. The van der Waals surface area contributed by atoms with Crippen molar-refractivity contribution in [2.45, 2.75) is 26.9 Å². The number of nitrogens with one attached hydrogen (secondary N) is 1. The summed E-state index contributed by atoms with van der Waals surface area (Å²) in [5.74, 6) is 0. The quantitative estimate of drug-likeness (QED) is 0.827. The highest BCUT2D eigenvalue weighted by Gasteiger charge is 2.12. The fraction of sp³-hybridized carbons (Fsp3) is 0.429. The van der Waals surface area contributed by atoms with Gasteiger partial charge < -0.3 is 14.6 Å². The van der Waals surface area contributed by atoms with Gasteiger partial charge in [-0.1, -0.05) is 13.0 Å². The van der Waals surface area contributed by atoms with Gasteiger partial charge in [0.15, 0.2) is 0 Å². The molecule has 0 radical (unpaired) electrons. The van der Waals surface area contributed by atoms with Crippen LogP contribution < -0.4 is 10.2 Å². The summed E-state index contributed by atoms with van der Waals surface area (Å²) in [7, 11) is 0. The second kappa shape index (κ2) is 6.89. The maximum absolute atomic E-state index is 5.53. The van der Waals surface area contributed by atoms with E-state index in [1.54, 1.807) is 12.5 Å². The van der Waals surface area contributed by atoms with E-state index in [-0.39, 0.29) is 0 Å². The zero-order valence-electron chi connectivity index (χ0n) is 11.5. The van der Waals surface area contributed by atoms with Crippen LogP contribution in [0.5, 0.6) is 0 Å². The van der Waals surface area contributed by atoms with Crippen LogP contribution in [0.15, 0.2) is 35.1 Å². The standard InChI is InChI=1S/C14H20N4O/c1-3-15-9-13-11-19-14(17-13)18(4-2)10-12-7-5-6-8-16-12/h5-8,11,15H,3-4,9-10H2,1-2H3. The first-order valence-electron chi connectivity index (χ1n) is 6.63. The molecule has 19 heavy (non-hydrogen) atoms. The second-order valence-electron chi connectivity index (χ2n) is 4.24. The van der Waals surface area contributed by atoms with Gasteiger partial charge in [0, 0.05) is 19.3 Å². The molecule has 5 nitrogen and oxygen atoms in total. The van der Waals surface area contributed by atoms with Crippen LogP contribution in [0.3, 0.4) is 0 Å². The third-order valence-corrected chi connectivity index (χ3v) is 2.83. The Labute approximate surface area is 113 Å². The molecule has 0 spiro atoms. The molecule has 0 aliphatic rings. The van der Waals surface area contributed by atoms with Gasteiger partial charge in [-0.3, -0.25) is 4.98 Å². The number of rotatable bonds is 7. The lowest BCUT2D eigenvalue weighted by Crippen LogP contribution is -2.23. The van der Waals surface area contributed by atoms with E-state index < -0.39 is 0 Å². The van der Waals surface area contributed by atoms with E-state index in [1.165, 1.54) is 0 Å². The highest BCUT2D eigenvalue weighted by Crippen LogP contribution is 2.15. The number of pyridine rings is 1. The molecule has 0 aliphatic heterocycles. The molecule has 2 aromatic rings. The second-order valence-corrected chi connectivity index (χ2v) is 4.24. The molecular formula is C14H20N4O. The molecule has 2 heterocycles. The molecule has 0 aliphatic carbocycles. The third-order valence-electron chi connectivity index (χ3n) is 2.83. The van der Waals surface area contributed by atoms with Crippen LogP contribution in [0, 0.1) is 0 Å². The van der Waals surface area contributed by atoms with Gasteiger partial charge in [-0.25, -0.2) is 0 Å². The Bertz CT molecular complexity index is 483. The van der Waals surface area contributed by atoms with E-state index in [1.807, 2.05) is 18.2 Å². The van der Waals surface area contributed by atoms with E-state index in [9.17, 15) is 0 Å². The van der Waals surface area contributed by atoms with Gasteiger partial charge in [0.1, 0.15) is 6.26 Å². The number of nitrogens with zero attached hydrogens (tertiary/aromatic N) is 3. The highest BCUT2D eigenvalue weighted by molar-refractivity contribution is 5.28. The Kier molecular flexibility index (Phi) is 4.92. The molecule has 0 saturated carbocycles. The van der Waals surface area contributed by atoms with Crippen molar-refractivity contribution in [3.63, 3.8) is 0 Å². The van der Waals surface area contributed by atoms with E-state index in [0.29, 0.717) is 12.6 Å². The summed E-state index contributed by atoms with van der Waals surface area (Å²) in [6.07, 6.45) is 3.51. The number of anilines is 1. The van der Waals surface area contributed by atoms with Crippen LogP contribution in [0.4, 0.5) is 6.01 Å². The van der Waals surface area contributed by atoms with Gasteiger partial charge in [0.05, 0.1) is 17.9 Å². The third kappa shape index (κ3) is 3.79. The predicted octanol–water partition coefficient (Wildman–Crippen LogP) is 2.21. The zero-order valence-corrected chi connectivity index (χ0v) is 11.5. The number of oxazole rings is 1. The molecule has 0 amide bonds. The Balaban J connectivity index is 2.03. The van der Waals surface area contributed by atoms with Crippen molar-refractivity contribution in [3.8, 4) is 0 Å². The minimum Gasteiger partial charge on any atom is -0.432 e. The van der Waals surface area contributed by atoms with Crippen molar-refractivity contribution in [2.75, 3.05) is 18.0 Å². The first kappa shape index (κ1) is 13.5. The van der Waals surface area contributed by atoms with Gasteiger partial charge in [0.25, 0.3) is 6.01 Å². The van der Waals surface area contributed by atoms with Crippen molar-refractivity contribution < 1.29 is 4.42 Å². The summed E-state index contributed by atoms with van der Waals surface area (Å²) in [4.78, 5) is 10.9. The number of aromatic nitrogens is 2. The molecule has 0 atom stereocenters. The lowest BCUT2D eigenvalue weighted by atomic mass is 10.3. The summed E-state index contributed by atoms with van der Waals surface area (Å²) in [6.45, 7) is 7.35. The van der Waals surface area contributed by atoms with Crippen LogP contribution in [0.25, 0.3) is 0 Å². The van der Waals surface area contributed by atoms with E-state index in [2.05, 4.69) is 34.0 Å². The van der Waals surface area contributed by atoms with Crippen molar-refractivity contribution in [3.05, 3.63) is 42.0 Å². The minimum absolute atomic E-state index is 0.654. The van der Waals surface area contributed by atoms with Gasteiger partial charge in [0.2, 0.25) is 0 Å². The normalized spacial score (nSPS) is 10.6. The van der Waals surface area contributed by atoms with Crippen molar-refractivity contribution in [1.82, 2.24) is 15.3 Å². The summed E-state index contributed by atoms with van der Waals surface area (Å²) in [5, 5.41) is 3.23. The average Bonchev–Trinajstić information content (AvgIpc) is 2.92. The summed E-state index contributed by atoms with van der Waals surface area (Å²) < 4.78 is 5.53. The van der Waals surface area contributed by atoms with Gasteiger partial charge in [-0.05, 0) is 25.6 Å². The van der Waals surface area contributed by atoms with Crippen LogP contribution in [-0.4, -0.2) is 23.1 Å². The molecule has 0 unspecified atom stereocenters. The molecule has 0 fully saturated rings. The fourth-order valence-electron chi connectivity index (χ4n) is 1.78. The topological polar surface area (TPSA) is 54.2 Å². The summed E-state index contributed by atoms with van der Waals surface area (Å²) >= 11 is 0. The lowest BCUT2D eigenvalue weighted by Gasteiger charge is -2.17. The largest absolute Gasteiger partial charge is 0.432 e. The van der Waals surface area contributed by atoms with E-state index >= 15 is 0 Å². The van der Waals surface area contributed by atoms with E-state index in [4.69, 9.17) is 4.42 Å². The number of hydrogen-bond acceptors (Lipinski definition) is 5. The molecule has 0 saturated heterocycles. The zero-order chi connectivity index (χ0) is 13.5. The van der Waals surface area contributed by atoms with Crippen molar-refractivity contribution >= 4 is 6.01 Å².